The van der Waals surface area contributed by atoms with Crippen molar-refractivity contribution < 1.29 is 9.59 Å². The molecule has 8 heteroatoms. The summed E-state index contributed by atoms with van der Waals surface area (Å²) in [6, 6.07) is 6.85. The van der Waals surface area contributed by atoms with Gasteiger partial charge in [-0.2, -0.15) is 11.8 Å². The first-order valence-electron chi connectivity index (χ1n) is 8.59. The first-order chi connectivity index (χ1) is 12.0. The maximum Gasteiger partial charge on any atom is 0.253 e. The van der Waals surface area contributed by atoms with Crippen LogP contribution in [0.4, 0.5) is 0 Å². The van der Waals surface area contributed by atoms with E-state index in [1.54, 1.807) is 36.0 Å². The normalized spacial score (nSPS) is 20.6. The van der Waals surface area contributed by atoms with Gasteiger partial charge in [0.1, 0.15) is 6.04 Å². The van der Waals surface area contributed by atoms with Crippen LogP contribution in [0.25, 0.3) is 0 Å². The topological polar surface area (TPSA) is 70.2 Å². The smallest absolute Gasteiger partial charge is 0.253 e. The summed E-state index contributed by atoms with van der Waals surface area (Å²) >= 11 is 7.74. The molecule has 0 aromatic heterocycles. The van der Waals surface area contributed by atoms with Crippen molar-refractivity contribution in [2.24, 2.45) is 0 Å². The van der Waals surface area contributed by atoms with Crippen LogP contribution in [0.5, 0.6) is 0 Å². The number of benzene rings is 1. The third kappa shape index (κ3) is 6.99. The van der Waals surface area contributed by atoms with E-state index in [9.17, 15) is 9.59 Å². The van der Waals surface area contributed by atoms with Crippen molar-refractivity contribution in [3.8, 4) is 0 Å². The van der Waals surface area contributed by atoms with E-state index >= 15 is 0 Å². The molecule has 2 rings (SSSR count). The molecule has 0 aliphatic carbocycles. The minimum Gasteiger partial charge on any atom is -0.351 e. The lowest BCUT2D eigenvalue weighted by molar-refractivity contribution is -0.123. The number of carbonyl (C=O) groups excluding carboxylic acids is 2. The summed E-state index contributed by atoms with van der Waals surface area (Å²) in [7, 11) is 0. The van der Waals surface area contributed by atoms with Gasteiger partial charge in [0.2, 0.25) is 5.91 Å². The molecule has 2 amide bonds. The first kappa shape index (κ1) is 23.1. The Morgan fingerprint density at radius 3 is 2.77 bits per heavy atom. The van der Waals surface area contributed by atoms with Crippen LogP contribution >= 0.6 is 35.8 Å². The Morgan fingerprint density at radius 2 is 2.12 bits per heavy atom. The summed E-state index contributed by atoms with van der Waals surface area (Å²) in [4.78, 5) is 25.2. The van der Waals surface area contributed by atoms with Crippen LogP contribution in [-0.2, 0) is 4.79 Å². The molecular formula is C18H27Cl2N3O2S. The monoisotopic (exact) mass is 419 g/mol. The maximum atomic E-state index is 12.7. The van der Waals surface area contributed by atoms with Crippen LogP contribution in [0.1, 0.15) is 36.5 Å². The Kier molecular flexibility index (Phi) is 10.4. The standard InChI is InChI=1S/C18H26ClN3O2S.ClH/c1-12-11-13(7-9-20-12)21-18(24)16(8-10-25-2)22-17(23)14-5-3-4-6-15(14)19;/h3-6,12-13,16,20H,7-11H2,1-2H3,(H,21,24)(H,22,23);1H. The lowest BCUT2D eigenvalue weighted by atomic mass is 10.00. The number of nitrogens with one attached hydrogen (secondary N) is 3. The maximum absolute atomic E-state index is 12.7. The van der Waals surface area contributed by atoms with Crippen molar-refractivity contribution in [2.75, 3.05) is 18.6 Å². The number of hydrogen-bond donors (Lipinski definition) is 3. The highest BCUT2D eigenvalue weighted by Gasteiger charge is 2.26. The zero-order valence-corrected chi connectivity index (χ0v) is 17.5. The molecule has 1 aliphatic rings. The van der Waals surface area contributed by atoms with Crippen LogP contribution in [0.2, 0.25) is 5.02 Å². The van der Waals surface area contributed by atoms with Gasteiger partial charge in [0, 0.05) is 12.1 Å². The van der Waals surface area contributed by atoms with Gasteiger partial charge in [-0.05, 0) is 56.9 Å². The van der Waals surface area contributed by atoms with Gasteiger partial charge in [0.05, 0.1) is 10.6 Å². The van der Waals surface area contributed by atoms with Crippen LogP contribution in [0.3, 0.4) is 0 Å². The summed E-state index contributed by atoms with van der Waals surface area (Å²) in [6.45, 7) is 3.01. The third-order valence-corrected chi connectivity index (χ3v) is 5.29. The molecule has 1 saturated heterocycles. The fourth-order valence-electron chi connectivity index (χ4n) is 2.95. The predicted octanol–water partition coefficient (Wildman–Crippen LogP) is 2.87. The number of amides is 2. The van der Waals surface area contributed by atoms with E-state index in [1.165, 1.54) is 0 Å². The van der Waals surface area contributed by atoms with Gasteiger partial charge in [0.25, 0.3) is 5.91 Å². The van der Waals surface area contributed by atoms with Gasteiger partial charge >= 0.3 is 0 Å². The number of carbonyl (C=O) groups is 2. The molecule has 3 unspecified atom stereocenters. The molecule has 3 N–H and O–H groups in total. The van der Waals surface area contributed by atoms with E-state index in [-0.39, 0.29) is 30.3 Å². The van der Waals surface area contributed by atoms with E-state index in [1.807, 2.05) is 6.26 Å². The zero-order valence-electron chi connectivity index (χ0n) is 15.1. The summed E-state index contributed by atoms with van der Waals surface area (Å²) in [6.07, 6.45) is 4.38. The molecule has 1 aromatic rings. The molecule has 0 bridgehead atoms. The molecular weight excluding hydrogens is 393 g/mol. The highest BCUT2D eigenvalue weighted by Crippen LogP contribution is 2.15. The SMILES string of the molecule is CSCCC(NC(=O)c1ccccc1Cl)C(=O)NC1CCNC(C)C1.Cl. The van der Waals surface area contributed by atoms with Crippen molar-refractivity contribution in [3.63, 3.8) is 0 Å². The summed E-state index contributed by atoms with van der Waals surface area (Å²) in [5.74, 6) is 0.364. The van der Waals surface area contributed by atoms with Gasteiger partial charge in [-0.1, -0.05) is 23.7 Å². The summed E-state index contributed by atoms with van der Waals surface area (Å²) in [5, 5.41) is 9.69. The molecule has 1 aliphatic heterocycles. The second-order valence-electron chi connectivity index (χ2n) is 6.37. The zero-order chi connectivity index (χ0) is 18.2. The Hall–Kier alpha value is -0.950. The number of thioether (sulfide) groups is 1. The Bertz CT molecular complexity index is 604. The van der Waals surface area contributed by atoms with Gasteiger partial charge in [-0.3, -0.25) is 9.59 Å². The van der Waals surface area contributed by atoms with E-state index in [4.69, 9.17) is 11.6 Å². The molecule has 0 saturated carbocycles. The Balaban J connectivity index is 0.00000338. The number of halogens is 2. The van der Waals surface area contributed by atoms with E-state index < -0.39 is 6.04 Å². The van der Waals surface area contributed by atoms with Crippen molar-refractivity contribution >= 4 is 47.6 Å². The molecule has 0 spiro atoms. The molecule has 1 aromatic carbocycles. The van der Waals surface area contributed by atoms with Gasteiger partial charge in [-0.15, -0.1) is 12.4 Å². The van der Waals surface area contributed by atoms with Gasteiger partial charge in [-0.25, -0.2) is 0 Å². The van der Waals surface area contributed by atoms with E-state index in [0.29, 0.717) is 23.0 Å². The predicted molar refractivity (Wildman–Crippen MR) is 112 cm³/mol. The summed E-state index contributed by atoms with van der Waals surface area (Å²) < 4.78 is 0. The molecule has 146 valence electrons. The van der Waals surface area contributed by atoms with Crippen molar-refractivity contribution in [2.45, 2.75) is 44.3 Å². The fraction of sp³-hybridized carbons (Fsp3) is 0.556. The molecule has 1 heterocycles. The number of hydrogen-bond acceptors (Lipinski definition) is 4. The Labute approximate surface area is 170 Å². The van der Waals surface area contributed by atoms with Crippen LogP contribution in [-0.4, -0.2) is 48.5 Å². The van der Waals surface area contributed by atoms with E-state index in [2.05, 4.69) is 22.9 Å². The average molecular weight is 420 g/mol. The third-order valence-electron chi connectivity index (χ3n) is 4.32. The van der Waals surface area contributed by atoms with E-state index in [0.717, 1.165) is 25.1 Å². The largest absolute Gasteiger partial charge is 0.351 e. The lowest BCUT2D eigenvalue weighted by Crippen LogP contribution is -2.53. The fourth-order valence-corrected chi connectivity index (χ4v) is 3.64. The van der Waals surface area contributed by atoms with Gasteiger partial charge < -0.3 is 16.0 Å². The van der Waals surface area contributed by atoms with Crippen molar-refractivity contribution in [1.82, 2.24) is 16.0 Å². The van der Waals surface area contributed by atoms with Gasteiger partial charge in [0.15, 0.2) is 0 Å². The molecule has 26 heavy (non-hydrogen) atoms. The first-order valence-corrected chi connectivity index (χ1v) is 10.4. The van der Waals surface area contributed by atoms with Crippen molar-refractivity contribution in [1.29, 1.82) is 0 Å². The van der Waals surface area contributed by atoms with Crippen LogP contribution in [0, 0.1) is 0 Å². The Morgan fingerprint density at radius 1 is 1.38 bits per heavy atom. The minimum atomic E-state index is -0.554. The van der Waals surface area contributed by atoms with Crippen LogP contribution in [0.15, 0.2) is 24.3 Å². The molecule has 5 nitrogen and oxygen atoms in total. The average Bonchev–Trinajstić information content (AvgIpc) is 2.58. The summed E-state index contributed by atoms with van der Waals surface area (Å²) in [5.41, 5.74) is 0.390. The quantitative estimate of drug-likeness (QED) is 0.635. The minimum absolute atomic E-state index is 0. The molecule has 1 fully saturated rings. The second kappa shape index (κ2) is 11.7. The second-order valence-corrected chi connectivity index (χ2v) is 7.77. The number of piperidine rings is 1. The number of rotatable bonds is 7. The molecule has 3 atom stereocenters. The highest BCUT2D eigenvalue weighted by molar-refractivity contribution is 7.98. The lowest BCUT2D eigenvalue weighted by Gasteiger charge is -2.30. The van der Waals surface area contributed by atoms with Crippen molar-refractivity contribution in [3.05, 3.63) is 34.9 Å². The van der Waals surface area contributed by atoms with Crippen LogP contribution < -0.4 is 16.0 Å². The molecule has 0 radical (unpaired) electrons. The highest BCUT2D eigenvalue weighted by atomic mass is 35.5.